The number of cyclic esters (lactones) is 1. The van der Waals surface area contributed by atoms with Gasteiger partial charge in [-0.2, -0.15) is 0 Å². The topological polar surface area (TPSA) is 54.9 Å². The molecule has 0 radical (unpaired) electrons. The fourth-order valence-electron chi connectivity index (χ4n) is 5.17. The summed E-state index contributed by atoms with van der Waals surface area (Å²) in [5.74, 6) is 3.19. The molecular weight excluding hydrogens is 402 g/mol. The molecular formula is C26H33N3O3. The molecule has 3 heterocycles. The summed E-state index contributed by atoms with van der Waals surface area (Å²) in [5, 5.41) is 0. The number of piperidine rings is 1. The third-order valence-electron chi connectivity index (χ3n) is 7.16. The first kappa shape index (κ1) is 21.3. The number of pyridine rings is 1. The fourth-order valence-corrected chi connectivity index (χ4v) is 5.17. The number of benzene rings is 1. The molecule has 2 aliphatic heterocycles. The van der Waals surface area contributed by atoms with E-state index in [1.54, 1.807) is 11.1 Å². The number of aromatic nitrogens is 1. The van der Waals surface area contributed by atoms with Crippen molar-refractivity contribution in [2.75, 3.05) is 44.3 Å². The zero-order valence-electron chi connectivity index (χ0n) is 18.7. The van der Waals surface area contributed by atoms with E-state index in [9.17, 15) is 4.79 Å². The zero-order valence-corrected chi connectivity index (χ0v) is 18.7. The second-order valence-corrected chi connectivity index (χ2v) is 9.36. The fraction of sp³-hybridized carbons (Fsp3) is 0.538. The van der Waals surface area contributed by atoms with E-state index in [2.05, 4.69) is 40.2 Å². The third-order valence-corrected chi connectivity index (χ3v) is 7.16. The number of hydrogen-bond donors (Lipinski definition) is 0. The van der Waals surface area contributed by atoms with Gasteiger partial charge in [-0.3, -0.25) is 9.80 Å². The lowest BCUT2D eigenvalue weighted by atomic mass is 9.90. The van der Waals surface area contributed by atoms with E-state index < -0.39 is 0 Å². The molecule has 3 fully saturated rings. The molecule has 1 amide bonds. The molecule has 32 heavy (non-hydrogen) atoms. The highest BCUT2D eigenvalue weighted by Crippen LogP contribution is 2.51. The van der Waals surface area contributed by atoms with Crippen molar-refractivity contribution in [1.82, 2.24) is 9.88 Å². The Bertz CT molecular complexity index is 881. The van der Waals surface area contributed by atoms with Crippen molar-refractivity contribution in [3.05, 3.63) is 54.2 Å². The minimum Gasteiger partial charge on any atom is -0.476 e. The quantitative estimate of drug-likeness (QED) is 0.601. The zero-order chi connectivity index (χ0) is 21.8. The van der Waals surface area contributed by atoms with Gasteiger partial charge in [-0.25, -0.2) is 9.78 Å². The first-order valence-corrected chi connectivity index (χ1v) is 12.1. The van der Waals surface area contributed by atoms with Gasteiger partial charge in [0.05, 0.1) is 18.5 Å². The van der Waals surface area contributed by atoms with Crippen LogP contribution in [0.3, 0.4) is 0 Å². The van der Waals surface area contributed by atoms with Gasteiger partial charge in [-0.1, -0.05) is 30.3 Å². The molecule has 0 unspecified atom stereocenters. The van der Waals surface area contributed by atoms with Gasteiger partial charge < -0.3 is 9.47 Å². The Morgan fingerprint density at radius 2 is 1.91 bits per heavy atom. The van der Waals surface area contributed by atoms with Crippen LogP contribution in [0.25, 0.3) is 0 Å². The van der Waals surface area contributed by atoms with Gasteiger partial charge in [0.15, 0.2) is 0 Å². The average molecular weight is 436 g/mol. The van der Waals surface area contributed by atoms with Gasteiger partial charge in [0.25, 0.3) is 0 Å². The lowest BCUT2D eigenvalue weighted by molar-refractivity contribution is 0.140. The van der Waals surface area contributed by atoms with E-state index in [0.29, 0.717) is 25.6 Å². The number of likely N-dealkylation sites (tertiary alicyclic amines) is 1. The summed E-state index contributed by atoms with van der Waals surface area (Å²) in [6, 6.07) is 14.7. The Labute approximate surface area is 190 Å². The molecule has 2 aromatic rings. The van der Waals surface area contributed by atoms with E-state index in [4.69, 9.17) is 9.47 Å². The maximum atomic E-state index is 11.8. The summed E-state index contributed by atoms with van der Waals surface area (Å²) in [5.41, 5.74) is 2.29. The standard InChI is InChI=1S/C26H33N3O3/c30-26-29(11-4-15-32-26)23-7-8-25(27-19-23)31-16-14-28-12-9-20(10-13-28)17-22-18-24(22)21-5-2-1-3-6-21/h1-3,5-8,19-20,22,24H,4,9-18H2/t22-,24+/m1/s1. The van der Waals surface area contributed by atoms with Crippen LogP contribution in [-0.2, 0) is 4.74 Å². The van der Waals surface area contributed by atoms with E-state index in [1.165, 1.54) is 44.3 Å². The first-order chi connectivity index (χ1) is 15.8. The first-order valence-electron chi connectivity index (χ1n) is 12.1. The van der Waals surface area contributed by atoms with Crippen LogP contribution in [0.4, 0.5) is 10.5 Å². The van der Waals surface area contributed by atoms with Crippen LogP contribution in [0.5, 0.6) is 5.88 Å². The third kappa shape index (κ3) is 5.23. The predicted octanol–water partition coefficient (Wildman–Crippen LogP) is 4.71. The van der Waals surface area contributed by atoms with E-state index in [1.807, 2.05) is 12.1 Å². The van der Waals surface area contributed by atoms with Crippen LogP contribution >= 0.6 is 0 Å². The average Bonchev–Trinajstić information content (AvgIpc) is 3.61. The number of ether oxygens (including phenoxy) is 2. The van der Waals surface area contributed by atoms with Crippen molar-refractivity contribution in [2.24, 2.45) is 11.8 Å². The van der Waals surface area contributed by atoms with Crippen LogP contribution in [0.15, 0.2) is 48.7 Å². The highest BCUT2D eigenvalue weighted by molar-refractivity contribution is 5.87. The molecule has 1 aliphatic carbocycles. The number of carbonyl (C=O) groups is 1. The summed E-state index contributed by atoms with van der Waals surface area (Å²) in [7, 11) is 0. The predicted molar refractivity (Wildman–Crippen MR) is 124 cm³/mol. The molecule has 1 saturated carbocycles. The van der Waals surface area contributed by atoms with E-state index >= 15 is 0 Å². The number of carbonyl (C=O) groups excluding carboxylic acids is 1. The molecule has 6 heteroatoms. The molecule has 2 saturated heterocycles. The molecule has 0 spiro atoms. The lowest BCUT2D eigenvalue weighted by Crippen LogP contribution is -2.37. The summed E-state index contributed by atoms with van der Waals surface area (Å²) < 4.78 is 10.9. The number of amides is 1. The van der Waals surface area contributed by atoms with E-state index in [0.717, 1.165) is 36.4 Å². The van der Waals surface area contributed by atoms with Crippen molar-refractivity contribution in [2.45, 2.75) is 38.0 Å². The molecule has 6 nitrogen and oxygen atoms in total. The smallest absolute Gasteiger partial charge is 0.414 e. The Balaban J connectivity index is 0.993. The van der Waals surface area contributed by atoms with Gasteiger partial charge in [-0.15, -0.1) is 0 Å². The van der Waals surface area contributed by atoms with Gasteiger partial charge in [-0.05, 0) is 74.6 Å². The Hall–Kier alpha value is -2.60. The summed E-state index contributed by atoms with van der Waals surface area (Å²) in [4.78, 5) is 20.3. The van der Waals surface area contributed by atoms with Crippen LogP contribution in [-0.4, -0.2) is 55.4 Å². The van der Waals surface area contributed by atoms with Crippen molar-refractivity contribution in [1.29, 1.82) is 0 Å². The second kappa shape index (κ2) is 9.90. The van der Waals surface area contributed by atoms with Crippen LogP contribution in [0.1, 0.15) is 43.6 Å². The minimum atomic E-state index is -0.299. The molecule has 1 aromatic heterocycles. The van der Waals surface area contributed by atoms with Gasteiger partial charge >= 0.3 is 6.09 Å². The molecule has 170 valence electrons. The van der Waals surface area contributed by atoms with Gasteiger partial charge in [0, 0.05) is 19.2 Å². The van der Waals surface area contributed by atoms with Crippen LogP contribution in [0.2, 0.25) is 0 Å². The van der Waals surface area contributed by atoms with Gasteiger partial charge in [0.2, 0.25) is 5.88 Å². The molecule has 0 bridgehead atoms. The molecule has 2 atom stereocenters. The number of rotatable bonds is 8. The van der Waals surface area contributed by atoms with Crippen LogP contribution in [0, 0.1) is 11.8 Å². The Kier molecular flexibility index (Phi) is 6.58. The second-order valence-electron chi connectivity index (χ2n) is 9.36. The highest BCUT2D eigenvalue weighted by atomic mass is 16.6. The van der Waals surface area contributed by atoms with Gasteiger partial charge in [0.1, 0.15) is 6.61 Å². The highest BCUT2D eigenvalue weighted by Gasteiger charge is 2.39. The molecule has 0 N–H and O–H groups in total. The van der Waals surface area contributed by atoms with Crippen molar-refractivity contribution in [3.8, 4) is 5.88 Å². The normalized spacial score (nSPS) is 24.2. The minimum absolute atomic E-state index is 0.299. The maximum absolute atomic E-state index is 11.8. The molecule has 5 rings (SSSR count). The number of hydrogen-bond acceptors (Lipinski definition) is 5. The number of anilines is 1. The summed E-state index contributed by atoms with van der Waals surface area (Å²) in [6.45, 7) is 5.08. The SMILES string of the molecule is O=C1OCCCN1c1ccc(OCCN2CCC(C[C@@H]3C[C@H]3c3ccccc3)CC2)nc1. The van der Waals surface area contributed by atoms with Crippen LogP contribution < -0.4 is 9.64 Å². The van der Waals surface area contributed by atoms with Crippen molar-refractivity contribution < 1.29 is 14.3 Å². The lowest BCUT2D eigenvalue weighted by Gasteiger charge is -2.32. The number of nitrogens with zero attached hydrogens (tertiary/aromatic N) is 3. The molecule has 1 aromatic carbocycles. The summed E-state index contributed by atoms with van der Waals surface area (Å²) in [6.07, 6.45) is 7.61. The van der Waals surface area contributed by atoms with Crippen molar-refractivity contribution in [3.63, 3.8) is 0 Å². The summed E-state index contributed by atoms with van der Waals surface area (Å²) >= 11 is 0. The Morgan fingerprint density at radius 1 is 1.06 bits per heavy atom. The van der Waals surface area contributed by atoms with Crippen molar-refractivity contribution >= 4 is 11.8 Å². The maximum Gasteiger partial charge on any atom is 0.414 e. The monoisotopic (exact) mass is 435 g/mol. The molecule has 3 aliphatic rings. The Morgan fingerprint density at radius 3 is 2.66 bits per heavy atom. The largest absolute Gasteiger partial charge is 0.476 e. The van der Waals surface area contributed by atoms with E-state index in [-0.39, 0.29) is 6.09 Å².